The van der Waals surface area contributed by atoms with Gasteiger partial charge >= 0.3 is 6.18 Å². The van der Waals surface area contributed by atoms with E-state index in [1.807, 2.05) is 48.5 Å². The van der Waals surface area contributed by atoms with E-state index in [4.69, 9.17) is 5.84 Å². The van der Waals surface area contributed by atoms with Gasteiger partial charge in [0.05, 0.1) is 17.1 Å². The summed E-state index contributed by atoms with van der Waals surface area (Å²) in [6, 6.07) is 14.9. The van der Waals surface area contributed by atoms with Crippen molar-refractivity contribution in [1.29, 1.82) is 0 Å². The molecule has 144 valence electrons. The minimum Gasteiger partial charge on any atom is -0.335 e. The number of carbonyl (C=O) groups excluding carboxylic acids is 1. The molecule has 1 aliphatic rings. The maximum absolute atomic E-state index is 13.0. The van der Waals surface area contributed by atoms with E-state index in [9.17, 15) is 18.0 Å². The summed E-state index contributed by atoms with van der Waals surface area (Å²) in [7, 11) is 0. The number of benzene rings is 2. The average Bonchev–Trinajstić information content (AvgIpc) is 3.05. The Morgan fingerprint density at radius 3 is 2.14 bits per heavy atom. The van der Waals surface area contributed by atoms with Crippen molar-refractivity contribution in [2.45, 2.75) is 21.1 Å². The first kappa shape index (κ1) is 18.7. The fourth-order valence-electron chi connectivity index (χ4n) is 2.73. The Labute approximate surface area is 165 Å². The zero-order valence-corrected chi connectivity index (χ0v) is 15.7. The summed E-state index contributed by atoms with van der Waals surface area (Å²) in [4.78, 5) is 16.4. The summed E-state index contributed by atoms with van der Waals surface area (Å²) in [6.45, 7) is 0. The van der Waals surface area contributed by atoms with Crippen LogP contribution in [0.4, 0.5) is 24.5 Å². The Kier molecular flexibility index (Phi) is 4.71. The van der Waals surface area contributed by atoms with Crippen LogP contribution < -0.4 is 10.7 Å². The van der Waals surface area contributed by atoms with Gasteiger partial charge in [-0.15, -0.1) is 10.2 Å². The van der Waals surface area contributed by atoms with Crippen LogP contribution >= 0.6 is 23.5 Å². The minimum absolute atomic E-state index is 0.152. The van der Waals surface area contributed by atoms with E-state index in [0.717, 1.165) is 32.9 Å². The fourth-order valence-corrected chi connectivity index (χ4v) is 4.50. The number of nitrogen functional groups attached to an aromatic ring is 1. The van der Waals surface area contributed by atoms with Gasteiger partial charge in [0, 0.05) is 9.79 Å². The number of anilines is 2. The molecule has 6 nitrogen and oxygen atoms in total. The second-order valence-electron chi connectivity index (χ2n) is 5.73. The predicted octanol–water partition coefficient (Wildman–Crippen LogP) is 3.93. The van der Waals surface area contributed by atoms with Crippen molar-refractivity contribution in [2.75, 3.05) is 16.5 Å². The first-order valence-electron chi connectivity index (χ1n) is 7.95. The Balaban J connectivity index is 1.60. The molecule has 0 spiro atoms. The minimum atomic E-state index is -4.72. The number of hydrogen-bond acceptors (Lipinski definition) is 6. The molecule has 4 rings (SSSR count). The molecule has 0 aliphatic carbocycles. The summed E-state index contributed by atoms with van der Waals surface area (Å²) in [5.41, 5.74) is 1.45. The first-order chi connectivity index (χ1) is 13.4. The number of carbonyl (C=O) groups is 1. The molecule has 0 saturated heterocycles. The smallest absolute Gasteiger partial charge is 0.335 e. The van der Waals surface area contributed by atoms with Crippen LogP contribution in [0.1, 0.15) is 5.82 Å². The van der Waals surface area contributed by atoms with Crippen LogP contribution in [0.15, 0.2) is 63.5 Å². The number of rotatable bonds is 3. The number of halogens is 3. The molecule has 0 fully saturated rings. The number of fused-ring (bicyclic) bond motifs is 2. The molecular formula is C17H12F3N5OS2. The van der Waals surface area contributed by atoms with Crippen molar-refractivity contribution in [3.05, 3.63) is 54.4 Å². The highest BCUT2D eigenvalue weighted by molar-refractivity contribution is 8.00. The SMILES string of the molecule is Nn1c(SCC(=O)N2c3ccccc3Sc3ccccc32)nnc1C(F)(F)F. The highest BCUT2D eigenvalue weighted by Crippen LogP contribution is 2.48. The number of nitrogens with two attached hydrogens (primary N) is 1. The van der Waals surface area contributed by atoms with E-state index in [1.54, 1.807) is 16.7 Å². The standard InChI is InChI=1S/C17H12F3N5OS2/c18-17(19,20)15-22-23-16(25(15)21)27-9-14(26)24-10-5-1-3-7-12(10)28-13-8-4-2-6-11(13)24/h1-8H,9,21H2. The van der Waals surface area contributed by atoms with Gasteiger partial charge in [-0.25, -0.2) is 4.68 Å². The topological polar surface area (TPSA) is 77.0 Å². The van der Waals surface area contributed by atoms with E-state index >= 15 is 0 Å². The number of aromatic nitrogens is 3. The lowest BCUT2D eigenvalue weighted by molar-refractivity contribution is -0.146. The van der Waals surface area contributed by atoms with Crippen LogP contribution in [0.2, 0.25) is 0 Å². The molecule has 0 unspecified atom stereocenters. The van der Waals surface area contributed by atoms with E-state index < -0.39 is 12.0 Å². The molecule has 2 aromatic carbocycles. The molecule has 1 aliphatic heterocycles. The highest BCUT2D eigenvalue weighted by atomic mass is 32.2. The monoisotopic (exact) mass is 423 g/mol. The van der Waals surface area contributed by atoms with Crippen molar-refractivity contribution in [3.8, 4) is 0 Å². The van der Waals surface area contributed by atoms with Gasteiger partial charge in [0.15, 0.2) is 0 Å². The van der Waals surface area contributed by atoms with E-state index in [1.165, 1.54) is 0 Å². The molecule has 0 saturated carbocycles. The lowest BCUT2D eigenvalue weighted by Gasteiger charge is -2.30. The fraction of sp³-hybridized carbons (Fsp3) is 0.118. The van der Waals surface area contributed by atoms with Crippen molar-refractivity contribution in [3.63, 3.8) is 0 Å². The highest BCUT2D eigenvalue weighted by Gasteiger charge is 2.38. The van der Waals surface area contributed by atoms with Crippen LogP contribution in [0.5, 0.6) is 0 Å². The van der Waals surface area contributed by atoms with Gasteiger partial charge in [0.2, 0.25) is 11.1 Å². The Bertz CT molecular complexity index is 1010. The quantitative estimate of drug-likeness (QED) is 0.508. The molecule has 2 N–H and O–H groups in total. The molecule has 1 aromatic heterocycles. The van der Waals surface area contributed by atoms with Crippen LogP contribution in [0.3, 0.4) is 0 Å². The maximum Gasteiger partial charge on any atom is 0.453 e. The molecule has 0 radical (unpaired) electrons. The van der Waals surface area contributed by atoms with Gasteiger partial charge in [-0.2, -0.15) is 13.2 Å². The second kappa shape index (κ2) is 7.06. The van der Waals surface area contributed by atoms with Crippen LogP contribution in [-0.4, -0.2) is 26.5 Å². The summed E-state index contributed by atoms with van der Waals surface area (Å²) in [5, 5.41) is 6.32. The molecule has 0 atom stereocenters. The molecule has 28 heavy (non-hydrogen) atoms. The molecule has 2 heterocycles. The zero-order chi connectivity index (χ0) is 19.9. The third kappa shape index (κ3) is 3.31. The maximum atomic E-state index is 13.0. The summed E-state index contributed by atoms with van der Waals surface area (Å²) < 4.78 is 38.7. The molecular weight excluding hydrogens is 411 g/mol. The lowest BCUT2D eigenvalue weighted by atomic mass is 10.2. The lowest BCUT2D eigenvalue weighted by Crippen LogP contribution is -2.30. The number of alkyl halides is 3. The Morgan fingerprint density at radius 1 is 1.04 bits per heavy atom. The van der Waals surface area contributed by atoms with Crippen molar-refractivity contribution in [1.82, 2.24) is 14.9 Å². The summed E-state index contributed by atoms with van der Waals surface area (Å²) >= 11 is 2.36. The number of hydrogen-bond donors (Lipinski definition) is 1. The molecule has 3 aromatic rings. The van der Waals surface area contributed by atoms with Crippen molar-refractivity contribution >= 4 is 40.8 Å². The number of para-hydroxylation sites is 2. The van der Waals surface area contributed by atoms with Crippen molar-refractivity contribution in [2.24, 2.45) is 0 Å². The van der Waals surface area contributed by atoms with Gasteiger partial charge in [-0.05, 0) is 24.3 Å². The normalized spacial score (nSPS) is 13.2. The molecule has 0 bridgehead atoms. The van der Waals surface area contributed by atoms with E-state index in [2.05, 4.69) is 10.2 Å². The second-order valence-corrected chi connectivity index (χ2v) is 7.76. The van der Waals surface area contributed by atoms with Crippen LogP contribution in [0, 0.1) is 0 Å². The summed E-state index contributed by atoms with van der Waals surface area (Å²) in [6.07, 6.45) is -4.72. The van der Waals surface area contributed by atoms with Crippen molar-refractivity contribution < 1.29 is 18.0 Å². The van der Waals surface area contributed by atoms with Gasteiger partial charge in [-0.1, -0.05) is 47.8 Å². The van der Waals surface area contributed by atoms with Gasteiger partial charge in [-0.3, -0.25) is 9.69 Å². The first-order valence-corrected chi connectivity index (χ1v) is 9.76. The van der Waals surface area contributed by atoms with Crippen LogP contribution in [-0.2, 0) is 11.0 Å². The van der Waals surface area contributed by atoms with Gasteiger partial charge in [0.1, 0.15) is 0 Å². The Morgan fingerprint density at radius 2 is 1.61 bits per heavy atom. The third-order valence-electron chi connectivity index (χ3n) is 3.92. The average molecular weight is 423 g/mol. The van der Waals surface area contributed by atoms with E-state index in [0.29, 0.717) is 4.68 Å². The van der Waals surface area contributed by atoms with Gasteiger partial charge < -0.3 is 5.84 Å². The summed E-state index contributed by atoms with van der Waals surface area (Å²) in [5.74, 6) is 3.66. The van der Waals surface area contributed by atoms with Gasteiger partial charge in [0.25, 0.3) is 5.82 Å². The molecule has 11 heteroatoms. The third-order valence-corrected chi connectivity index (χ3v) is 5.98. The van der Waals surface area contributed by atoms with E-state index in [-0.39, 0.29) is 16.8 Å². The largest absolute Gasteiger partial charge is 0.453 e. The molecule has 1 amide bonds. The predicted molar refractivity (Wildman–Crippen MR) is 100 cm³/mol. The number of nitrogens with zero attached hydrogens (tertiary/aromatic N) is 4. The number of amides is 1. The Hall–Kier alpha value is -2.66. The van der Waals surface area contributed by atoms with Crippen LogP contribution in [0.25, 0.3) is 0 Å². The number of thioether (sulfide) groups is 1. The zero-order valence-electron chi connectivity index (χ0n) is 14.1.